The van der Waals surface area contributed by atoms with Crippen molar-refractivity contribution in [2.24, 2.45) is 0 Å². The van der Waals surface area contributed by atoms with E-state index in [9.17, 15) is 16.8 Å². The van der Waals surface area contributed by atoms with Crippen molar-refractivity contribution in [3.63, 3.8) is 0 Å². The Labute approximate surface area is 142 Å². The molecule has 6 N–H and O–H groups in total. The van der Waals surface area contributed by atoms with Crippen molar-refractivity contribution in [1.82, 2.24) is 0 Å². The molecule has 0 aliphatic heterocycles. The van der Waals surface area contributed by atoms with Crippen LogP contribution in [0.25, 0.3) is 10.8 Å². The third kappa shape index (κ3) is 3.48. The van der Waals surface area contributed by atoms with Crippen molar-refractivity contribution in [3.05, 3.63) is 24.3 Å². The van der Waals surface area contributed by atoms with E-state index in [1.54, 1.807) is 0 Å². The van der Waals surface area contributed by atoms with E-state index in [-0.39, 0.29) is 51.7 Å². The summed E-state index contributed by atoms with van der Waals surface area (Å²) in [5, 5.41) is -0.0145. The van der Waals surface area contributed by atoms with Crippen LogP contribution >= 0.6 is 0 Å². The van der Waals surface area contributed by atoms with E-state index < -0.39 is 30.0 Å². The first-order valence-electron chi connectivity index (χ1n) is 5.08. The molecule has 0 saturated carbocycles. The first-order chi connectivity index (χ1) is 9.01. The van der Waals surface area contributed by atoms with Crippen molar-refractivity contribution in [2.75, 3.05) is 11.5 Å². The molecule has 0 fully saturated rings. The molecule has 0 heterocycles. The Kier molecular flexibility index (Phi) is 4.95. The van der Waals surface area contributed by atoms with Gasteiger partial charge in [-0.25, -0.2) is 0 Å². The summed E-state index contributed by atoms with van der Waals surface area (Å²) < 4.78 is 63.2. The third-order valence-corrected chi connectivity index (χ3v) is 4.45. The van der Waals surface area contributed by atoms with Crippen LogP contribution in [0, 0.1) is 0 Å². The Bertz CT molecular complexity index is 924. The van der Waals surface area contributed by atoms with E-state index in [2.05, 4.69) is 0 Å². The second kappa shape index (κ2) is 5.72. The van der Waals surface area contributed by atoms with Gasteiger partial charge < -0.3 is 11.5 Å². The van der Waals surface area contributed by atoms with Crippen molar-refractivity contribution in [3.8, 4) is 0 Å². The zero-order chi connectivity index (χ0) is 15.3. The van der Waals surface area contributed by atoms with Crippen LogP contribution in [0.4, 0.5) is 11.4 Å². The van der Waals surface area contributed by atoms with Crippen LogP contribution in [0.3, 0.4) is 0 Å². The van der Waals surface area contributed by atoms with Crippen LogP contribution in [0.1, 0.15) is 0 Å². The average molecular weight is 341 g/mol. The summed E-state index contributed by atoms with van der Waals surface area (Å²) in [6, 6.07) is 4.21. The number of anilines is 2. The molecular formula is C10H10N2NaO6S2. The second-order valence-electron chi connectivity index (χ2n) is 4.04. The molecule has 109 valence electrons. The van der Waals surface area contributed by atoms with Gasteiger partial charge in [0.15, 0.2) is 0 Å². The summed E-state index contributed by atoms with van der Waals surface area (Å²) in [7, 11) is -9.39. The fourth-order valence-electron chi connectivity index (χ4n) is 1.78. The smallest absolute Gasteiger partial charge is 0.295 e. The van der Waals surface area contributed by atoms with Crippen LogP contribution in [0.5, 0.6) is 0 Å². The van der Waals surface area contributed by atoms with E-state index >= 15 is 0 Å². The Morgan fingerprint density at radius 2 is 1.43 bits per heavy atom. The van der Waals surface area contributed by atoms with E-state index in [0.29, 0.717) is 6.07 Å². The molecule has 0 saturated heterocycles. The molecular weight excluding hydrogens is 331 g/mol. The predicted molar refractivity (Wildman–Crippen MR) is 78.2 cm³/mol. The normalized spacial score (nSPS) is 12.1. The summed E-state index contributed by atoms with van der Waals surface area (Å²) in [6.45, 7) is 0. The van der Waals surface area contributed by atoms with Gasteiger partial charge in [0.25, 0.3) is 20.2 Å². The minimum atomic E-state index is -4.71. The zero-order valence-electron chi connectivity index (χ0n) is 10.8. The molecule has 0 aliphatic rings. The van der Waals surface area contributed by atoms with Gasteiger partial charge in [0.05, 0.1) is 16.3 Å². The van der Waals surface area contributed by atoms with Crippen molar-refractivity contribution < 1.29 is 25.9 Å². The van der Waals surface area contributed by atoms with Crippen molar-refractivity contribution in [2.45, 2.75) is 9.79 Å². The second-order valence-corrected chi connectivity index (χ2v) is 6.85. The fraction of sp³-hybridized carbons (Fsp3) is 0. The topological polar surface area (TPSA) is 161 Å². The maximum atomic E-state index is 11.3. The first-order valence-corrected chi connectivity index (χ1v) is 7.96. The Balaban J connectivity index is 0.00000220. The van der Waals surface area contributed by atoms with E-state index in [1.165, 1.54) is 12.1 Å². The Hall–Kier alpha value is -0.880. The Morgan fingerprint density at radius 1 is 0.857 bits per heavy atom. The molecule has 0 spiro atoms. The molecule has 1 radical (unpaired) electrons. The van der Waals surface area contributed by atoms with Gasteiger partial charge >= 0.3 is 0 Å². The van der Waals surface area contributed by atoms with Gasteiger partial charge in [0, 0.05) is 40.3 Å². The van der Waals surface area contributed by atoms with E-state index in [1.807, 2.05) is 0 Å². The number of rotatable bonds is 2. The van der Waals surface area contributed by atoms with Gasteiger partial charge in [-0.15, -0.1) is 0 Å². The largest absolute Gasteiger partial charge is 0.397 e. The van der Waals surface area contributed by atoms with Gasteiger partial charge in [-0.1, -0.05) is 6.07 Å². The fourth-order valence-corrected chi connectivity index (χ4v) is 3.12. The Morgan fingerprint density at radius 3 is 1.90 bits per heavy atom. The number of hydrogen-bond acceptors (Lipinski definition) is 6. The molecule has 0 amide bonds. The molecule has 21 heavy (non-hydrogen) atoms. The summed E-state index contributed by atoms with van der Waals surface area (Å²) in [6.07, 6.45) is 0. The number of benzene rings is 2. The molecule has 11 heteroatoms. The quantitative estimate of drug-likeness (QED) is 0.340. The van der Waals surface area contributed by atoms with Gasteiger partial charge in [-0.2, -0.15) is 16.8 Å². The number of nitrogens with two attached hydrogens (primary N) is 2. The monoisotopic (exact) mass is 341 g/mol. The SMILES string of the molecule is Nc1ccc2c(S(=O)(=O)O)cc(S(=O)(=O)O)cc2c1N.[Na]. The summed E-state index contributed by atoms with van der Waals surface area (Å²) in [5.41, 5.74) is 11.3. The van der Waals surface area contributed by atoms with Crippen LogP contribution in [0.2, 0.25) is 0 Å². The number of nitrogen functional groups attached to an aromatic ring is 2. The minimum absolute atomic E-state index is 0. The van der Waals surface area contributed by atoms with Gasteiger partial charge in [0.2, 0.25) is 0 Å². The number of fused-ring (bicyclic) bond motifs is 1. The minimum Gasteiger partial charge on any atom is -0.397 e. The van der Waals surface area contributed by atoms with Crippen molar-refractivity contribution >= 4 is 71.9 Å². The maximum Gasteiger partial charge on any atom is 0.295 e. The van der Waals surface area contributed by atoms with Gasteiger partial charge in [-0.3, -0.25) is 9.11 Å². The molecule has 0 aromatic heterocycles. The maximum absolute atomic E-state index is 11.3. The van der Waals surface area contributed by atoms with E-state index in [0.717, 1.165) is 6.07 Å². The molecule has 2 aromatic carbocycles. The van der Waals surface area contributed by atoms with Gasteiger partial charge in [0.1, 0.15) is 4.90 Å². The summed E-state index contributed by atoms with van der Waals surface area (Å²) >= 11 is 0. The van der Waals surface area contributed by atoms with Crippen LogP contribution in [-0.2, 0) is 20.2 Å². The molecule has 8 nitrogen and oxygen atoms in total. The summed E-state index contributed by atoms with van der Waals surface area (Å²) in [4.78, 5) is -1.40. The third-order valence-electron chi connectivity index (χ3n) is 2.72. The molecule has 2 rings (SSSR count). The van der Waals surface area contributed by atoms with Crippen LogP contribution < -0.4 is 11.5 Å². The predicted octanol–water partition coefficient (Wildman–Crippen LogP) is 0.117. The molecule has 0 unspecified atom stereocenters. The van der Waals surface area contributed by atoms with Crippen molar-refractivity contribution in [1.29, 1.82) is 0 Å². The van der Waals surface area contributed by atoms with Crippen LogP contribution in [-0.4, -0.2) is 55.5 Å². The van der Waals surface area contributed by atoms with Crippen LogP contribution in [0.15, 0.2) is 34.1 Å². The molecule has 0 bridgehead atoms. The number of hydrogen-bond donors (Lipinski definition) is 4. The molecule has 0 atom stereocenters. The first kappa shape index (κ1) is 18.2. The summed E-state index contributed by atoms with van der Waals surface area (Å²) in [5.74, 6) is 0. The van der Waals surface area contributed by atoms with Gasteiger partial charge in [-0.05, 0) is 18.2 Å². The van der Waals surface area contributed by atoms with E-state index in [4.69, 9.17) is 20.6 Å². The molecule has 2 aromatic rings. The molecule has 0 aliphatic carbocycles. The average Bonchev–Trinajstić information content (AvgIpc) is 2.30. The standard InChI is InChI=1S/C10H10N2O6S2.Na/c11-8-2-1-6-7(10(8)12)3-5(19(13,14)15)4-9(6)20(16,17)18;/h1-4H,11-12H2,(H,13,14,15)(H,16,17,18);. The zero-order valence-corrected chi connectivity index (χ0v) is 14.4.